The molecule has 0 atom stereocenters. The normalized spacial score (nSPS) is 15.4. The Bertz CT molecular complexity index is 1140. The van der Waals surface area contributed by atoms with Gasteiger partial charge in [0.15, 0.2) is 5.84 Å². The van der Waals surface area contributed by atoms with Gasteiger partial charge in [-0.1, -0.05) is 44.2 Å². The first-order chi connectivity index (χ1) is 15.9. The number of amides is 1. The summed E-state index contributed by atoms with van der Waals surface area (Å²) < 4.78 is 1.80. The Hall–Kier alpha value is -4.07. The average molecular weight is 444 g/mol. The van der Waals surface area contributed by atoms with Gasteiger partial charge in [0.25, 0.3) is 5.91 Å². The van der Waals surface area contributed by atoms with Gasteiger partial charge in [0.1, 0.15) is 11.4 Å². The van der Waals surface area contributed by atoms with Crippen LogP contribution in [0.15, 0.2) is 84.5 Å². The van der Waals surface area contributed by atoms with Crippen molar-refractivity contribution in [3.05, 3.63) is 90.0 Å². The van der Waals surface area contributed by atoms with Crippen LogP contribution in [0.4, 0.5) is 5.69 Å². The van der Waals surface area contributed by atoms with E-state index < -0.39 is 0 Å². The molecule has 0 unspecified atom stereocenters. The zero-order chi connectivity index (χ0) is 23.4. The predicted molar refractivity (Wildman–Crippen MR) is 130 cm³/mol. The van der Waals surface area contributed by atoms with Crippen LogP contribution in [0.2, 0.25) is 0 Å². The van der Waals surface area contributed by atoms with E-state index in [9.17, 15) is 4.79 Å². The first-order valence-electron chi connectivity index (χ1n) is 11.0. The zero-order valence-electron chi connectivity index (χ0n) is 19.1. The summed E-state index contributed by atoms with van der Waals surface area (Å²) >= 11 is 0. The summed E-state index contributed by atoms with van der Waals surface area (Å²) in [4.78, 5) is 13.1. The van der Waals surface area contributed by atoms with Crippen molar-refractivity contribution >= 4 is 17.4 Å². The Morgan fingerprint density at radius 2 is 1.79 bits per heavy atom. The molecule has 1 amide bonds. The van der Waals surface area contributed by atoms with E-state index in [0.717, 1.165) is 16.9 Å². The van der Waals surface area contributed by atoms with Crippen LogP contribution in [0.5, 0.6) is 0 Å². The summed E-state index contributed by atoms with van der Waals surface area (Å²) in [7, 11) is 1.71. The van der Waals surface area contributed by atoms with E-state index in [0.29, 0.717) is 30.4 Å². The number of nitrogens with one attached hydrogen (secondary N) is 3. The number of anilines is 1. The number of aromatic nitrogens is 2. The van der Waals surface area contributed by atoms with E-state index in [1.807, 2.05) is 66.9 Å². The molecule has 0 spiro atoms. The molecule has 0 radical (unpaired) electrons. The highest BCUT2D eigenvalue weighted by Crippen LogP contribution is 2.23. The van der Waals surface area contributed by atoms with E-state index >= 15 is 0 Å². The van der Waals surface area contributed by atoms with Gasteiger partial charge in [0.2, 0.25) is 0 Å². The van der Waals surface area contributed by atoms with Crippen LogP contribution in [-0.2, 0) is 11.3 Å². The highest BCUT2D eigenvalue weighted by molar-refractivity contribution is 6.24. The first kappa shape index (κ1) is 22.1. The van der Waals surface area contributed by atoms with Crippen LogP contribution in [0.3, 0.4) is 0 Å². The van der Waals surface area contributed by atoms with Gasteiger partial charge >= 0.3 is 0 Å². The number of hydrogen-bond donors (Lipinski definition) is 3. The zero-order valence-corrected chi connectivity index (χ0v) is 19.1. The number of rotatable bonds is 8. The highest BCUT2D eigenvalue weighted by atomic mass is 16.2. The van der Waals surface area contributed by atoms with Crippen molar-refractivity contribution in [3.8, 4) is 5.69 Å². The Labute approximate surface area is 194 Å². The van der Waals surface area contributed by atoms with Crippen molar-refractivity contribution in [1.82, 2.24) is 25.1 Å². The van der Waals surface area contributed by atoms with Gasteiger partial charge in [-0.25, -0.2) is 4.68 Å². The standard InChI is InChI=1S/C25H29N7O/c1-18(2)17-32-23(26)22(25(33)30(32)3)24(29-20-8-5-4-6-9-20)27-16-19-10-12-21(13-11-19)31-15-7-14-28-31/h4-15,18,26-27,29H,16-17H2,1-3H3/b24-22-,26-23?. The highest BCUT2D eigenvalue weighted by Gasteiger charge is 2.38. The lowest BCUT2D eigenvalue weighted by Gasteiger charge is -2.26. The van der Waals surface area contributed by atoms with Crippen molar-refractivity contribution < 1.29 is 4.79 Å². The molecule has 3 N–H and O–H groups in total. The fourth-order valence-corrected chi connectivity index (χ4v) is 3.68. The molecule has 3 aromatic rings. The third kappa shape index (κ3) is 4.90. The predicted octanol–water partition coefficient (Wildman–Crippen LogP) is 3.61. The second-order valence-electron chi connectivity index (χ2n) is 8.36. The molecule has 8 nitrogen and oxygen atoms in total. The monoisotopic (exact) mass is 443 g/mol. The van der Waals surface area contributed by atoms with Crippen LogP contribution >= 0.6 is 0 Å². The molecular formula is C25H29N7O. The summed E-state index contributed by atoms with van der Waals surface area (Å²) in [5.74, 6) is 0.814. The fraction of sp³-hybridized carbons (Fsp3) is 0.240. The minimum Gasteiger partial charge on any atom is -0.367 e. The smallest absolute Gasteiger partial charge is 0.279 e. The lowest BCUT2D eigenvalue weighted by Crippen LogP contribution is -2.39. The average Bonchev–Trinajstić information content (AvgIpc) is 3.42. The molecule has 1 aliphatic rings. The Balaban J connectivity index is 1.60. The van der Waals surface area contributed by atoms with Crippen molar-refractivity contribution in [2.24, 2.45) is 5.92 Å². The van der Waals surface area contributed by atoms with Crippen LogP contribution in [-0.4, -0.2) is 45.1 Å². The Kier molecular flexibility index (Phi) is 6.44. The van der Waals surface area contributed by atoms with Gasteiger partial charge in [-0.3, -0.25) is 20.2 Å². The summed E-state index contributed by atoms with van der Waals surface area (Å²) in [5, 5.41) is 22.9. The molecule has 1 aromatic heterocycles. The molecule has 0 bridgehead atoms. The maximum Gasteiger partial charge on any atom is 0.279 e. The molecule has 2 aromatic carbocycles. The van der Waals surface area contributed by atoms with Gasteiger partial charge in [-0.05, 0) is 41.8 Å². The lowest BCUT2D eigenvalue weighted by molar-refractivity contribution is -0.132. The van der Waals surface area contributed by atoms with Gasteiger partial charge < -0.3 is 10.6 Å². The molecule has 0 aliphatic carbocycles. The molecule has 1 saturated heterocycles. The maximum atomic E-state index is 13.1. The van der Waals surface area contributed by atoms with Gasteiger partial charge in [-0.2, -0.15) is 5.10 Å². The molecule has 8 heteroatoms. The minimum absolute atomic E-state index is 0.191. The SMILES string of the molecule is CC(C)CN1C(=N)/C(=C(\NCc2ccc(-n3cccn3)cc2)Nc2ccccc2)C(=O)N1C. The number of benzene rings is 2. The van der Waals surface area contributed by atoms with Gasteiger partial charge in [0, 0.05) is 38.2 Å². The third-order valence-electron chi connectivity index (χ3n) is 5.37. The number of carbonyl (C=O) groups excluding carboxylic acids is 1. The third-order valence-corrected chi connectivity index (χ3v) is 5.37. The maximum absolute atomic E-state index is 13.1. The number of hydrogen-bond acceptors (Lipinski definition) is 5. The number of amidine groups is 1. The summed E-state index contributed by atoms with van der Waals surface area (Å²) in [6.45, 7) is 5.23. The fourth-order valence-electron chi connectivity index (χ4n) is 3.68. The summed E-state index contributed by atoms with van der Waals surface area (Å²) in [6, 6.07) is 19.6. The van der Waals surface area contributed by atoms with Crippen molar-refractivity contribution in [2.75, 3.05) is 18.9 Å². The number of nitrogens with zero attached hydrogens (tertiary/aromatic N) is 4. The Morgan fingerprint density at radius 3 is 2.42 bits per heavy atom. The van der Waals surface area contributed by atoms with Crippen molar-refractivity contribution in [3.63, 3.8) is 0 Å². The second kappa shape index (κ2) is 9.60. The second-order valence-corrected chi connectivity index (χ2v) is 8.36. The number of carbonyl (C=O) groups is 1. The van der Waals surface area contributed by atoms with Crippen LogP contribution in [0.25, 0.3) is 5.69 Å². The topological polar surface area (TPSA) is 89.3 Å². The van der Waals surface area contributed by atoms with Crippen LogP contribution < -0.4 is 10.6 Å². The van der Waals surface area contributed by atoms with E-state index in [2.05, 4.69) is 29.6 Å². The Morgan fingerprint density at radius 1 is 1.06 bits per heavy atom. The quantitative estimate of drug-likeness (QED) is 0.463. The molecule has 0 saturated carbocycles. The van der Waals surface area contributed by atoms with Crippen LogP contribution in [0.1, 0.15) is 19.4 Å². The molecule has 1 fully saturated rings. The molecule has 2 heterocycles. The number of hydrazine groups is 1. The molecule has 170 valence electrons. The first-order valence-corrected chi connectivity index (χ1v) is 11.0. The molecule has 4 rings (SSSR count). The van der Waals surface area contributed by atoms with Gasteiger partial charge in [0.05, 0.1) is 5.69 Å². The summed E-state index contributed by atoms with van der Waals surface area (Å²) in [5.41, 5.74) is 3.19. The van der Waals surface area contributed by atoms with E-state index in [-0.39, 0.29) is 11.7 Å². The van der Waals surface area contributed by atoms with Gasteiger partial charge in [-0.15, -0.1) is 0 Å². The minimum atomic E-state index is -0.208. The van der Waals surface area contributed by atoms with Crippen molar-refractivity contribution in [1.29, 1.82) is 5.41 Å². The lowest BCUT2D eigenvalue weighted by atomic mass is 10.1. The summed E-state index contributed by atoms with van der Waals surface area (Å²) in [6.07, 6.45) is 3.65. The van der Waals surface area contributed by atoms with E-state index in [4.69, 9.17) is 5.41 Å². The van der Waals surface area contributed by atoms with E-state index in [1.165, 1.54) is 5.01 Å². The molecular weight excluding hydrogens is 414 g/mol. The molecule has 1 aliphatic heterocycles. The number of para-hydroxylation sites is 1. The van der Waals surface area contributed by atoms with E-state index in [1.54, 1.807) is 22.9 Å². The number of likely N-dealkylation sites (N-methyl/N-ethyl adjacent to an activating group) is 1. The van der Waals surface area contributed by atoms with Crippen LogP contribution in [0, 0.1) is 11.3 Å². The molecule has 33 heavy (non-hydrogen) atoms. The largest absolute Gasteiger partial charge is 0.367 e. The van der Waals surface area contributed by atoms with Crippen molar-refractivity contribution in [2.45, 2.75) is 20.4 Å².